The van der Waals surface area contributed by atoms with Gasteiger partial charge in [0.25, 0.3) is 5.56 Å². The first-order valence-corrected chi connectivity index (χ1v) is 9.48. The van der Waals surface area contributed by atoms with Gasteiger partial charge in [0.2, 0.25) is 0 Å². The van der Waals surface area contributed by atoms with Gasteiger partial charge in [-0.05, 0) is 54.7 Å². The molecule has 142 valence electrons. The van der Waals surface area contributed by atoms with Crippen molar-refractivity contribution in [3.05, 3.63) is 64.5 Å². The molecular weight excluding hydrogens is 369 g/mol. The van der Waals surface area contributed by atoms with Gasteiger partial charge in [0, 0.05) is 33.5 Å². The molecule has 0 radical (unpaired) electrons. The number of H-pyrrole nitrogens is 2. The molecule has 0 saturated heterocycles. The van der Waals surface area contributed by atoms with E-state index in [1.54, 1.807) is 18.5 Å². The molecule has 5 aromatic rings. The van der Waals surface area contributed by atoms with Crippen molar-refractivity contribution in [1.82, 2.24) is 20.2 Å². The number of fused-ring (bicyclic) bond motifs is 4. The highest BCUT2D eigenvalue weighted by Crippen LogP contribution is 2.46. The fourth-order valence-corrected chi connectivity index (χ4v) is 4.27. The smallest absolute Gasteiger partial charge is 0.272 e. The van der Waals surface area contributed by atoms with Gasteiger partial charge in [-0.1, -0.05) is 0 Å². The third-order valence-electron chi connectivity index (χ3n) is 5.78. The number of aromatic nitrogens is 4. The van der Waals surface area contributed by atoms with Gasteiger partial charge in [0.15, 0.2) is 0 Å². The summed E-state index contributed by atoms with van der Waals surface area (Å²) < 4.78 is 15.1. The van der Waals surface area contributed by atoms with Crippen molar-refractivity contribution in [2.45, 2.75) is 18.8 Å². The van der Waals surface area contributed by atoms with Crippen LogP contribution >= 0.6 is 0 Å². The van der Waals surface area contributed by atoms with E-state index in [4.69, 9.17) is 5.73 Å². The minimum Gasteiger partial charge on any atom is -0.394 e. The quantitative estimate of drug-likeness (QED) is 0.396. The van der Waals surface area contributed by atoms with Crippen molar-refractivity contribution in [2.75, 3.05) is 5.73 Å². The molecule has 7 heteroatoms. The van der Waals surface area contributed by atoms with Crippen molar-refractivity contribution in [1.29, 1.82) is 0 Å². The van der Waals surface area contributed by atoms with E-state index in [2.05, 4.69) is 20.2 Å². The van der Waals surface area contributed by atoms with Crippen molar-refractivity contribution in [3.63, 3.8) is 0 Å². The maximum atomic E-state index is 15.1. The van der Waals surface area contributed by atoms with Gasteiger partial charge in [-0.25, -0.2) is 4.39 Å². The number of pyridine rings is 2. The van der Waals surface area contributed by atoms with Gasteiger partial charge in [0.05, 0.1) is 22.7 Å². The Balaban J connectivity index is 1.86. The van der Waals surface area contributed by atoms with Gasteiger partial charge in [-0.2, -0.15) is 5.10 Å². The monoisotopic (exact) mass is 385 g/mol. The number of rotatable bonds is 2. The van der Waals surface area contributed by atoms with Crippen LogP contribution in [0.15, 0.2) is 47.5 Å². The Kier molecular flexibility index (Phi) is 3.16. The first-order valence-electron chi connectivity index (χ1n) is 9.48. The van der Waals surface area contributed by atoms with E-state index in [-0.39, 0.29) is 11.3 Å². The van der Waals surface area contributed by atoms with Crippen LogP contribution in [-0.4, -0.2) is 20.2 Å². The summed E-state index contributed by atoms with van der Waals surface area (Å²) in [5, 5.41) is 9.04. The van der Waals surface area contributed by atoms with Gasteiger partial charge in [-0.3, -0.25) is 14.9 Å². The third-order valence-corrected chi connectivity index (χ3v) is 5.78. The second-order valence-electron chi connectivity index (χ2n) is 7.56. The zero-order valence-electron chi connectivity index (χ0n) is 15.3. The van der Waals surface area contributed by atoms with E-state index >= 15 is 4.39 Å². The van der Waals surface area contributed by atoms with Crippen molar-refractivity contribution < 1.29 is 4.39 Å². The lowest BCUT2D eigenvalue weighted by molar-refractivity contribution is 0.633. The van der Waals surface area contributed by atoms with Gasteiger partial charge >= 0.3 is 0 Å². The van der Waals surface area contributed by atoms with E-state index in [0.29, 0.717) is 27.9 Å². The molecule has 0 amide bonds. The van der Waals surface area contributed by atoms with Crippen LogP contribution in [0.1, 0.15) is 24.3 Å². The summed E-state index contributed by atoms with van der Waals surface area (Å²) in [6.07, 6.45) is 5.50. The van der Waals surface area contributed by atoms with Gasteiger partial charge in [0.1, 0.15) is 11.5 Å². The molecule has 0 unspecified atom stereocenters. The Morgan fingerprint density at radius 2 is 1.97 bits per heavy atom. The molecular formula is C22H16FN5O. The summed E-state index contributed by atoms with van der Waals surface area (Å²) >= 11 is 0. The van der Waals surface area contributed by atoms with Crippen LogP contribution in [0.2, 0.25) is 0 Å². The number of benzene rings is 2. The Bertz CT molecular complexity index is 1510. The second kappa shape index (κ2) is 5.64. The average Bonchev–Trinajstić information content (AvgIpc) is 3.46. The molecule has 1 fully saturated rings. The molecule has 1 aliphatic carbocycles. The van der Waals surface area contributed by atoms with Crippen LogP contribution in [0, 0.1) is 5.82 Å². The number of halogens is 1. The molecule has 3 aromatic heterocycles. The SMILES string of the molecule is Nc1c(-c2c(F)ccc3[nH]ncc23)c2cc(C3CC3)c3ncccc3c2[nH]c1=O. The highest BCUT2D eigenvalue weighted by Gasteiger charge is 2.28. The Labute approximate surface area is 163 Å². The lowest BCUT2D eigenvalue weighted by Gasteiger charge is -2.15. The molecule has 2 aromatic carbocycles. The van der Waals surface area contributed by atoms with Crippen molar-refractivity contribution >= 4 is 38.4 Å². The molecule has 1 aliphatic rings. The predicted octanol–water partition coefficient (Wildman–Crippen LogP) is 4.22. The summed E-state index contributed by atoms with van der Waals surface area (Å²) in [7, 11) is 0. The highest BCUT2D eigenvalue weighted by atomic mass is 19.1. The largest absolute Gasteiger partial charge is 0.394 e. The Morgan fingerprint density at radius 1 is 1.10 bits per heavy atom. The summed E-state index contributed by atoms with van der Waals surface area (Å²) in [4.78, 5) is 20.2. The normalized spacial score (nSPS) is 14.2. The summed E-state index contributed by atoms with van der Waals surface area (Å²) in [5.41, 5.74) is 9.76. The summed E-state index contributed by atoms with van der Waals surface area (Å²) in [6, 6.07) is 8.78. The van der Waals surface area contributed by atoms with E-state index in [9.17, 15) is 4.79 Å². The maximum absolute atomic E-state index is 15.1. The fourth-order valence-electron chi connectivity index (χ4n) is 4.27. The molecule has 0 aliphatic heterocycles. The maximum Gasteiger partial charge on any atom is 0.272 e. The number of nitrogens with two attached hydrogens (primary N) is 1. The molecule has 0 spiro atoms. The van der Waals surface area contributed by atoms with Crippen LogP contribution in [0.5, 0.6) is 0 Å². The van der Waals surface area contributed by atoms with Gasteiger partial charge in [-0.15, -0.1) is 0 Å². The van der Waals surface area contributed by atoms with Crippen LogP contribution in [0.25, 0.3) is 43.8 Å². The van der Waals surface area contributed by atoms with E-state index in [1.807, 2.05) is 18.2 Å². The number of nitrogens with one attached hydrogen (secondary N) is 2. The molecule has 3 heterocycles. The first kappa shape index (κ1) is 16.2. The minimum absolute atomic E-state index is 0.00455. The van der Waals surface area contributed by atoms with E-state index < -0.39 is 11.4 Å². The molecule has 29 heavy (non-hydrogen) atoms. The van der Waals surface area contributed by atoms with Gasteiger partial charge < -0.3 is 10.7 Å². The topological polar surface area (TPSA) is 100 Å². The van der Waals surface area contributed by atoms with Crippen molar-refractivity contribution in [2.24, 2.45) is 0 Å². The van der Waals surface area contributed by atoms with Crippen molar-refractivity contribution in [3.8, 4) is 11.1 Å². The number of nitrogen functional groups attached to an aromatic ring is 1. The van der Waals surface area contributed by atoms with E-state index in [0.717, 1.165) is 34.7 Å². The van der Waals surface area contributed by atoms with Crippen LogP contribution in [0.4, 0.5) is 10.1 Å². The molecule has 6 nitrogen and oxygen atoms in total. The third kappa shape index (κ3) is 2.24. The number of anilines is 1. The van der Waals surface area contributed by atoms with Crippen LogP contribution < -0.4 is 11.3 Å². The summed E-state index contributed by atoms with van der Waals surface area (Å²) in [5.74, 6) is -0.0240. The predicted molar refractivity (Wildman–Crippen MR) is 111 cm³/mol. The lowest BCUT2D eigenvalue weighted by Crippen LogP contribution is -2.14. The molecule has 1 saturated carbocycles. The number of aromatic amines is 2. The molecule has 6 rings (SSSR count). The highest BCUT2D eigenvalue weighted by molar-refractivity contribution is 6.15. The average molecular weight is 385 g/mol. The Morgan fingerprint density at radius 3 is 2.79 bits per heavy atom. The van der Waals surface area contributed by atoms with Crippen LogP contribution in [0.3, 0.4) is 0 Å². The molecule has 0 bridgehead atoms. The molecule has 4 N–H and O–H groups in total. The number of hydrogen-bond acceptors (Lipinski definition) is 4. The van der Waals surface area contributed by atoms with Crippen LogP contribution in [-0.2, 0) is 0 Å². The number of hydrogen-bond donors (Lipinski definition) is 3. The minimum atomic E-state index is -0.447. The number of nitrogens with zero attached hydrogens (tertiary/aromatic N) is 2. The molecule has 0 atom stereocenters. The Hall–Kier alpha value is -3.74. The second-order valence-corrected chi connectivity index (χ2v) is 7.56. The zero-order chi connectivity index (χ0) is 19.7. The first-order chi connectivity index (χ1) is 14.1. The zero-order valence-corrected chi connectivity index (χ0v) is 15.3. The standard InChI is InChI=1S/C22H16FN5O/c23-15-5-6-16-14(9-26-28-16)17(15)18-13-8-12(10-3-4-10)20-11(2-1-7-25-20)21(13)27-22(29)19(18)24/h1-2,5-10H,3-4,24H2,(H,26,28)(H,27,29). The fraction of sp³-hybridized carbons (Fsp3) is 0.136. The summed E-state index contributed by atoms with van der Waals surface area (Å²) in [6.45, 7) is 0. The lowest BCUT2D eigenvalue weighted by atomic mass is 9.92. The van der Waals surface area contributed by atoms with E-state index in [1.165, 1.54) is 6.07 Å².